The summed E-state index contributed by atoms with van der Waals surface area (Å²) in [5.74, 6) is -0.426. The minimum absolute atomic E-state index is 0.0629. The second-order valence-electron chi connectivity index (χ2n) is 8.42. The molecule has 1 spiro atoms. The van der Waals surface area contributed by atoms with Crippen LogP contribution in [0.15, 0.2) is 41.3 Å². The molecule has 3 heterocycles. The maximum absolute atomic E-state index is 13.4. The van der Waals surface area contributed by atoms with Gasteiger partial charge in [0.2, 0.25) is 5.43 Å². The molecule has 2 aromatic rings. The molecule has 1 saturated heterocycles. The zero-order valence-electron chi connectivity index (χ0n) is 16.9. The van der Waals surface area contributed by atoms with Gasteiger partial charge in [-0.05, 0) is 37.7 Å². The third-order valence-electron chi connectivity index (χ3n) is 6.57. The largest absolute Gasteiger partial charge is 0.483 e. The van der Waals surface area contributed by atoms with E-state index in [4.69, 9.17) is 9.47 Å². The molecule has 2 atom stereocenters. The molecule has 156 valence electrons. The van der Waals surface area contributed by atoms with Crippen LogP contribution in [0.3, 0.4) is 0 Å². The van der Waals surface area contributed by atoms with E-state index < -0.39 is 11.4 Å². The number of aromatic nitrogens is 1. The normalized spacial score (nSPS) is 23.8. The number of carbonyl (C=O) groups excluding carboxylic acids is 2. The van der Waals surface area contributed by atoms with Gasteiger partial charge in [0.15, 0.2) is 11.4 Å². The minimum atomic E-state index is -0.689. The lowest BCUT2D eigenvalue weighted by Gasteiger charge is -2.44. The maximum atomic E-state index is 13.4. The van der Waals surface area contributed by atoms with Crippen LogP contribution in [-0.4, -0.2) is 40.0 Å². The van der Waals surface area contributed by atoms with E-state index in [2.05, 4.69) is 0 Å². The number of hydrogen-bond acceptors (Lipinski definition) is 5. The SMILES string of the molecule is CCOC(=O)c1cn2c(c(OCc3ccccc3)c1=O)C(=O)N1CC3CCC1(C3)C2. The number of ether oxygens (including phenoxy) is 2. The molecule has 1 aliphatic carbocycles. The van der Waals surface area contributed by atoms with Crippen LogP contribution in [0.2, 0.25) is 0 Å². The molecule has 3 aliphatic rings. The number of pyridine rings is 1. The molecule has 7 nitrogen and oxygen atoms in total. The average Bonchev–Trinajstić information content (AvgIpc) is 3.32. The fourth-order valence-electron chi connectivity index (χ4n) is 5.24. The van der Waals surface area contributed by atoms with Crippen LogP contribution in [0.25, 0.3) is 0 Å². The van der Waals surface area contributed by atoms with Crippen molar-refractivity contribution in [3.8, 4) is 5.75 Å². The van der Waals surface area contributed by atoms with E-state index in [9.17, 15) is 14.4 Å². The molecule has 1 saturated carbocycles. The van der Waals surface area contributed by atoms with Crippen molar-refractivity contribution in [3.05, 3.63) is 63.6 Å². The first-order valence-corrected chi connectivity index (χ1v) is 10.5. The van der Waals surface area contributed by atoms with Gasteiger partial charge in [-0.15, -0.1) is 0 Å². The first kappa shape index (κ1) is 18.9. The van der Waals surface area contributed by atoms with Gasteiger partial charge < -0.3 is 18.9 Å². The molecule has 0 radical (unpaired) electrons. The van der Waals surface area contributed by atoms with Crippen LogP contribution in [0.1, 0.15) is 52.6 Å². The highest BCUT2D eigenvalue weighted by molar-refractivity contribution is 5.98. The van der Waals surface area contributed by atoms with Crippen molar-refractivity contribution in [1.82, 2.24) is 9.47 Å². The summed E-state index contributed by atoms with van der Waals surface area (Å²) in [5.41, 5.74) is 0.212. The van der Waals surface area contributed by atoms with Crippen LogP contribution < -0.4 is 10.2 Å². The summed E-state index contributed by atoms with van der Waals surface area (Å²) >= 11 is 0. The minimum Gasteiger partial charge on any atom is -0.483 e. The Kier molecular flexibility index (Phi) is 4.41. The zero-order valence-corrected chi connectivity index (χ0v) is 16.9. The van der Waals surface area contributed by atoms with Crippen LogP contribution in [0.5, 0.6) is 5.75 Å². The van der Waals surface area contributed by atoms with Gasteiger partial charge in [0, 0.05) is 19.3 Å². The van der Waals surface area contributed by atoms with E-state index in [0.717, 1.165) is 31.4 Å². The maximum Gasteiger partial charge on any atom is 0.343 e. The lowest BCUT2D eigenvalue weighted by atomic mass is 9.93. The Labute approximate surface area is 174 Å². The Morgan fingerprint density at radius 2 is 2.03 bits per heavy atom. The van der Waals surface area contributed by atoms with Gasteiger partial charge in [0.05, 0.1) is 12.1 Å². The van der Waals surface area contributed by atoms with Gasteiger partial charge in [-0.1, -0.05) is 30.3 Å². The fraction of sp³-hybridized carbons (Fsp3) is 0.435. The number of carbonyl (C=O) groups is 2. The second-order valence-corrected chi connectivity index (χ2v) is 8.42. The van der Waals surface area contributed by atoms with Crippen LogP contribution >= 0.6 is 0 Å². The van der Waals surface area contributed by atoms with E-state index >= 15 is 0 Å². The highest BCUT2D eigenvalue weighted by atomic mass is 16.5. The predicted molar refractivity (Wildman–Crippen MR) is 109 cm³/mol. The number of esters is 1. The van der Waals surface area contributed by atoms with Crippen molar-refractivity contribution in [3.63, 3.8) is 0 Å². The van der Waals surface area contributed by atoms with Gasteiger partial charge in [-0.25, -0.2) is 4.79 Å². The molecule has 7 heteroatoms. The Bertz CT molecular complexity index is 1080. The quantitative estimate of drug-likeness (QED) is 0.711. The molecule has 2 unspecified atom stereocenters. The van der Waals surface area contributed by atoms with Crippen LogP contribution in [0.4, 0.5) is 0 Å². The third kappa shape index (κ3) is 2.83. The summed E-state index contributed by atoms with van der Waals surface area (Å²) in [6.07, 6.45) is 4.52. The van der Waals surface area contributed by atoms with Crippen molar-refractivity contribution in [1.29, 1.82) is 0 Å². The number of piperidine rings is 1. The molecule has 1 aromatic heterocycles. The van der Waals surface area contributed by atoms with E-state index in [-0.39, 0.29) is 41.7 Å². The monoisotopic (exact) mass is 408 g/mol. The van der Waals surface area contributed by atoms with E-state index in [1.54, 1.807) is 11.5 Å². The Morgan fingerprint density at radius 1 is 1.23 bits per heavy atom. The van der Waals surface area contributed by atoms with Crippen LogP contribution in [-0.2, 0) is 17.9 Å². The standard InChI is InChI=1S/C23H24N2O5/c1-2-29-22(28)17-12-24-14-23-9-8-16(10-23)11-25(23)21(27)18(24)20(19(17)26)30-13-15-6-4-3-5-7-15/h3-7,12,16H,2,8-11,13-14H2,1H3. The molecule has 0 N–H and O–H groups in total. The molecular formula is C23H24N2O5. The van der Waals surface area contributed by atoms with Gasteiger partial charge in [0.1, 0.15) is 12.2 Å². The molecule has 2 bridgehead atoms. The van der Waals surface area contributed by atoms with Crippen LogP contribution in [0, 0.1) is 5.92 Å². The lowest BCUT2D eigenvalue weighted by molar-refractivity contribution is 0.0387. The summed E-state index contributed by atoms with van der Waals surface area (Å²) in [4.78, 5) is 41.0. The lowest BCUT2D eigenvalue weighted by Crippen LogP contribution is -2.55. The fourth-order valence-corrected chi connectivity index (χ4v) is 5.24. The molecule has 1 aromatic carbocycles. The Balaban J connectivity index is 1.60. The number of nitrogens with zero attached hydrogens (tertiary/aromatic N) is 2. The summed E-state index contributed by atoms with van der Waals surface area (Å²) < 4.78 is 12.7. The van der Waals surface area contributed by atoms with Gasteiger partial charge in [-0.2, -0.15) is 0 Å². The summed E-state index contributed by atoms with van der Waals surface area (Å²) in [7, 11) is 0. The van der Waals surface area contributed by atoms with E-state index in [1.165, 1.54) is 6.20 Å². The summed E-state index contributed by atoms with van der Waals surface area (Å²) in [6, 6.07) is 9.43. The zero-order chi connectivity index (χ0) is 20.9. The summed E-state index contributed by atoms with van der Waals surface area (Å²) in [5, 5.41) is 0. The number of fused-ring (bicyclic) bond motifs is 2. The highest BCUT2D eigenvalue weighted by Crippen LogP contribution is 2.50. The molecule has 2 aliphatic heterocycles. The van der Waals surface area contributed by atoms with E-state index in [0.29, 0.717) is 12.5 Å². The molecule has 1 amide bonds. The van der Waals surface area contributed by atoms with Crippen molar-refractivity contribution < 1.29 is 19.1 Å². The first-order chi connectivity index (χ1) is 14.5. The van der Waals surface area contributed by atoms with Crippen molar-refractivity contribution in [2.45, 2.75) is 44.9 Å². The van der Waals surface area contributed by atoms with Crippen molar-refractivity contribution in [2.75, 3.05) is 13.2 Å². The number of hydrogen-bond donors (Lipinski definition) is 0. The van der Waals surface area contributed by atoms with Gasteiger partial charge >= 0.3 is 5.97 Å². The topological polar surface area (TPSA) is 77.8 Å². The first-order valence-electron chi connectivity index (χ1n) is 10.5. The van der Waals surface area contributed by atoms with E-state index in [1.807, 2.05) is 35.2 Å². The second kappa shape index (κ2) is 7.00. The number of rotatable bonds is 5. The number of amides is 1. The van der Waals surface area contributed by atoms with Crippen molar-refractivity contribution in [2.24, 2.45) is 5.92 Å². The van der Waals surface area contributed by atoms with Gasteiger partial charge in [-0.3, -0.25) is 9.59 Å². The number of benzene rings is 1. The smallest absolute Gasteiger partial charge is 0.343 e. The highest BCUT2D eigenvalue weighted by Gasteiger charge is 2.56. The third-order valence-corrected chi connectivity index (χ3v) is 6.57. The Hall–Kier alpha value is -3.09. The Morgan fingerprint density at radius 3 is 2.77 bits per heavy atom. The predicted octanol–water partition coefficient (Wildman–Crippen LogP) is 2.61. The van der Waals surface area contributed by atoms with Crippen molar-refractivity contribution >= 4 is 11.9 Å². The summed E-state index contributed by atoms with van der Waals surface area (Å²) in [6.45, 7) is 3.29. The molecular weight excluding hydrogens is 384 g/mol. The molecule has 30 heavy (non-hydrogen) atoms. The average molecular weight is 408 g/mol. The van der Waals surface area contributed by atoms with Gasteiger partial charge in [0.25, 0.3) is 5.91 Å². The molecule has 2 fully saturated rings. The molecule has 5 rings (SSSR count).